The number of likely N-dealkylation sites (N-methyl/N-ethyl adjacent to an activating group) is 1. The number of nitrogens with zero attached hydrogens (tertiary/aromatic N) is 2. The molecule has 3 fully saturated rings. The maximum atomic E-state index is 12.8. The number of nitrogens with one attached hydrogen (secondary N) is 1. The molecule has 2 saturated heterocycles. The van der Waals surface area contributed by atoms with Crippen molar-refractivity contribution >= 4 is 11.9 Å². The van der Waals surface area contributed by atoms with Crippen LogP contribution in [0, 0.1) is 5.41 Å². The smallest absolute Gasteiger partial charge is 0.317 e. The normalized spacial score (nSPS) is 25.8. The Hall–Kier alpha value is -2.04. The van der Waals surface area contributed by atoms with Crippen molar-refractivity contribution in [2.24, 2.45) is 5.41 Å². The van der Waals surface area contributed by atoms with Gasteiger partial charge in [-0.15, -0.1) is 0 Å². The lowest BCUT2D eigenvalue weighted by atomic mass is 9.68. The molecule has 2 aliphatic heterocycles. The largest absolute Gasteiger partial charge is 0.345 e. The molecule has 3 aliphatic rings. The van der Waals surface area contributed by atoms with Crippen LogP contribution >= 0.6 is 0 Å². The Morgan fingerprint density at radius 1 is 1.11 bits per heavy atom. The van der Waals surface area contributed by atoms with Gasteiger partial charge in [-0.1, -0.05) is 43.2 Å². The Balaban J connectivity index is 1.40. The van der Waals surface area contributed by atoms with E-state index in [1.54, 1.807) is 0 Å². The molecule has 0 radical (unpaired) electrons. The Labute approximate surface area is 162 Å². The van der Waals surface area contributed by atoms with Gasteiger partial charge in [-0.3, -0.25) is 4.79 Å². The molecule has 0 aromatic heterocycles. The molecule has 1 saturated carbocycles. The summed E-state index contributed by atoms with van der Waals surface area (Å²) in [5.74, 6) is 0.178. The number of hydrogen-bond acceptors (Lipinski definition) is 2. The van der Waals surface area contributed by atoms with Crippen LogP contribution < -0.4 is 5.32 Å². The topological polar surface area (TPSA) is 52.6 Å². The second-order valence-electron chi connectivity index (χ2n) is 8.78. The van der Waals surface area contributed by atoms with E-state index in [1.807, 2.05) is 35.0 Å². The van der Waals surface area contributed by atoms with Gasteiger partial charge in [0.2, 0.25) is 5.91 Å². The van der Waals surface area contributed by atoms with Crippen molar-refractivity contribution in [3.8, 4) is 0 Å². The fraction of sp³-hybridized carbons (Fsp3) is 0.636. The SMILES string of the molecule is CN1CC2(CCN(C(=O)NC3CCCC3)CC2)C[C@@H](c2ccccc2)C1=O. The van der Waals surface area contributed by atoms with Gasteiger partial charge in [0.1, 0.15) is 0 Å². The summed E-state index contributed by atoms with van der Waals surface area (Å²) in [6.45, 7) is 2.40. The van der Waals surface area contributed by atoms with Crippen LogP contribution in [0.1, 0.15) is 56.4 Å². The molecule has 0 unspecified atom stereocenters. The Morgan fingerprint density at radius 3 is 2.44 bits per heavy atom. The number of benzene rings is 1. The average Bonchev–Trinajstić information content (AvgIpc) is 3.19. The van der Waals surface area contributed by atoms with E-state index in [9.17, 15) is 9.59 Å². The third-order valence-electron chi connectivity index (χ3n) is 6.88. The van der Waals surface area contributed by atoms with E-state index in [-0.39, 0.29) is 23.3 Å². The molecule has 4 rings (SSSR count). The molecule has 1 spiro atoms. The molecule has 5 heteroatoms. The number of urea groups is 1. The summed E-state index contributed by atoms with van der Waals surface area (Å²) < 4.78 is 0. The van der Waals surface area contributed by atoms with Gasteiger partial charge in [-0.25, -0.2) is 4.79 Å². The predicted octanol–water partition coefficient (Wildman–Crippen LogP) is 3.37. The van der Waals surface area contributed by atoms with Crippen LogP contribution in [-0.4, -0.2) is 54.5 Å². The first-order chi connectivity index (χ1) is 13.1. The van der Waals surface area contributed by atoms with Gasteiger partial charge in [0.15, 0.2) is 0 Å². The maximum Gasteiger partial charge on any atom is 0.317 e. The molecule has 1 aliphatic carbocycles. The molecule has 1 N–H and O–H groups in total. The predicted molar refractivity (Wildman–Crippen MR) is 105 cm³/mol. The van der Waals surface area contributed by atoms with Crippen molar-refractivity contribution in [3.05, 3.63) is 35.9 Å². The number of amides is 3. The summed E-state index contributed by atoms with van der Waals surface area (Å²) in [5, 5.41) is 3.21. The van der Waals surface area contributed by atoms with Crippen molar-refractivity contribution in [1.29, 1.82) is 0 Å². The maximum absolute atomic E-state index is 12.8. The van der Waals surface area contributed by atoms with E-state index in [2.05, 4.69) is 17.4 Å². The molecule has 0 bridgehead atoms. The van der Waals surface area contributed by atoms with Crippen LogP contribution in [0.25, 0.3) is 0 Å². The van der Waals surface area contributed by atoms with E-state index in [0.29, 0.717) is 6.04 Å². The summed E-state index contributed by atoms with van der Waals surface area (Å²) in [4.78, 5) is 29.2. The molecular weight excluding hydrogens is 338 g/mol. The van der Waals surface area contributed by atoms with Crippen LogP contribution in [0.5, 0.6) is 0 Å². The Kier molecular flexibility index (Phi) is 5.11. The zero-order valence-corrected chi connectivity index (χ0v) is 16.3. The highest BCUT2D eigenvalue weighted by molar-refractivity contribution is 5.84. The van der Waals surface area contributed by atoms with Gasteiger partial charge in [0.05, 0.1) is 5.92 Å². The van der Waals surface area contributed by atoms with Crippen molar-refractivity contribution < 1.29 is 9.59 Å². The van der Waals surface area contributed by atoms with Crippen LogP contribution in [0.2, 0.25) is 0 Å². The van der Waals surface area contributed by atoms with Gasteiger partial charge in [-0.05, 0) is 43.1 Å². The highest BCUT2D eigenvalue weighted by Crippen LogP contribution is 2.45. The molecule has 3 amide bonds. The highest BCUT2D eigenvalue weighted by Gasteiger charge is 2.45. The second-order valence-corrected chi connectivity index (χ2v) is 8.78. The van der Waals surface area contributed by atoms with Crippen molar-refractivity contribution in [2.75, 3.05) is 26.7 Å². The van der Waals surface area contributed by atoms with Gasteiger partial charge >= 0.3 is 6.03 Å². The molecule has 1 atom stereocenters. The Bertz CT molecular complexity index is 676. The minimum atomic E-state index is -0.0520. The van der Waals surface area contributed by atoms with E-state index in [4.69, 9.17) is 0 Å². The van der Waals surface area contributed by atoms with E-state index in [0.717, 1.165) is 57.3 Å². The van der Waals surface area contributed by atoms with Gasteiger partial charge in [0, 0.05) is 32.7 Å². The van der Waals surface area contributed by atoms with Gasteiger partial charge < -0.3 is 15.1 Å². The number of piperidine rings is 2. The van der Waals surface area contributed by atoms with Crippen LogP contribution in [-0.2, 0) is 4.79 Å². The lowest BCUT2D eigenvalue weighted by molar-refractivity contribution is -0.139. The first-order valence-electron chi connectivity index (χ1n) is 10.4. The molecule has 1 aromatic rings. The minimum absolute atomic E-state index is 0.0520. The highest BCUT2D eigenvalue weighted by atomic mass is 16.2. The number of carbonyl (C=O) groups is 2. The summed E-state index contributed by atoms with van der Waals surface area (Å²) in [5.41, 5.74) is 1.25. The summed E-state index contributed by atoms with van der Waals surface area (Å²) in [6.07, 6.45) is 7.56. The number of likely N-dealkylation sites (tertiary alicyclic amines) is 2. The minimum Gasteiger partial charge on any atom is -0.345 e. The molecule has 2 heterocycles. The van der Waals surface area contributed by atoms with E-state index >= 15 is 0 Å². The van der Waals surface area contributed by atoms with Crippen LogP contribution in [0.4, 0.5) is 4.79 Å². The lowest BCUT2D eigenvalue weighted by Crippen LogP contribution is -2.55. The number of rotatable bonds is 2. The monoisotopic (exact) mass is 369 g/mol. The molecule has 5 nitrogen and oxygen atoms in total. The third-order valence-corrected chi connectivity index (χ3v) is 6.88. The quantitative estimate of drug-likeness (QED) is 0.869. The van der Waals surface area contributed by atoms with Gasteiger partial charge in [-0.2, -0.15) is 0 Å². The fourth-order valence-electron chi connectivity index (χ4n) is 5.26. The molecular formula is C22H31N3O2. The van der Waals surface area contributed by atoms with Crippen molar-refractivity contribution in [1.82, 2.24) is 15.1 Å². The second kappa shape index (κ2) is 7.53. The average molecular weight is 370 g/mol. The van der Waals surface area contributed by atoms with E-state index < -0.39 is 0 Å². The zero-order chi connectivity index (χ0) is 18.9. The van der Waals surface area contributed by atoms with Gasteiger partial charge in [0.25, 0.3) is 0 Å². The van der Waals surface area contributed by atoms with E-state index in [1.165, 1.54) is 12.8 Å². The standard InChI is InChI=1S/C22H31N3O2/c1-24-16-22(15-19(20(24)26)17-7-3-2-4-8-17)11-13-25(14-12-22)21(27)23-18-9-5-6-10-18/h2-4,7-8,18-19H,5-6,9-16H2,1H3,(H,23,27)/t19-/m0/s1. The molecule has 1 aromatic carbocycles. The van der Waals surface area contributed by atoms with Crippen LogP contribution in [0.15, 0.2) is 30.3 Å². The summed E-state index contributed by atoms with van der Waals surface area (Å²) in [6, 6.07) is 10.6. The molecule has 27 heavy (non-hydrogen) atoms. The summed E-state index contributed by atoms with van der Waals surface area (Å²) >= 11 is 0. The lowest BCUT2D eigenvalue weighted by Gasteiger charge is -2.49. The molecule has 146 valence electrons. The summed E-state index contributed by atoms with van der Waals surface area (Å²) in [7, 11) is 1.93. The van der Waals surface area contributed by atoms with Crippen LogP contribution in [0.3, 0.4) is 0 Å². The van der Waals surface area contributed by atoms with Crippen molar-refractivity contribution in [3.63, 3.8) is 0 Å². The third kappa shape index (κ3) is 3.83. The number of hydrogen-bond donors (Lipinski definition) is 1. The first kappa shape index (κ1) is 18.3. The zero-order valence-electron chi connectivity index (χ0n) is 16.3. The first-order valence-corrected chi connectivity index (χ1v) is 10.4. The van der Waals surface area contributed by atoms with Crippen molar-refractivity contribution in [2.45, 2.75) is 56.9 Å². The number of carbonyl (C=O) groups excluding carboxylic acids is 2. The Morgan fingerprint density at radius 2 is 1.78 bits per heavy atom. The fourth-order valence-corrected chi connectivity index (χ4v) is 5.26.